The molecule has 152 valence electrons. The van der Waals surface area contributed by atoms with Gasteiger partial charge < -0.3 is 10.2 Å². The van der Waals surface area contributed by atoms with Crippen LogP contribution >= 0.6 is 23.1 Å². The number of carbonyl (C=O) groups excluding carboxylic acids is 1. The van der Waals surface area contributed by atoms with Crippen molar-refractivity contribution >= 4 is 45.2 Å². The number of hydrogen-bond acceptors (Lipinski definition) is 8. The van der Waals surface area contributed by atoms with Gasteiger partial charge in [0.2, 0.25) is 5.91 Å². The van der Waals surface area contributed by atoms with Gasteiger partial charge in [-0.15, -0.1) is 11.3 Å². The number of anilines is 1. The Bertz CT molecular complexity index is 820. The molecular weight excluding hydrogens is 392 g/mol. The molecule has 0 radical (unpaired) electrons. The number of amides is 1. The lowest BCUT2D eigenvalue weighted by Crippen LogP contribution is -2.51. The fourth-order valence-corrected chi connectivity index (χ4v) is 5.73. The molecule has 0 spiro atoms. The van der Waals surface area contributed by atoms with Gasteiger partial charge in [-0.2, -0.15) is 0 Å². The Balaban J connectivity index is 1.31. The van der Waals surface area contributed by atoms with Crippen molar-refractivity contribution in [1.29, 1.82) is 0 Å². The molecule has 0 aromatic carbocycles. The second kappa shape index (κ2) is 8.92. The number of nitrogens with zero attached hydrogens (tertiary/aromatic N) is 5. The van der Waals surface area contributed by atoms with E-state index in [1.54, 1.807) is 29.4 Å². The van der Waals surface area contributed by atoms with Crippen molar-refractivity contribution in [3.8, 4) is 0 Å². The minimum Gasteiger partial charge on any atom is -0.353 e. The van der Waals surface area contributed by atoms with Gasteiger partial charge in [0, 0.05) is 32.2 Å². The van der Waals surface area contributed by atoms with Gasteiger partial charge in [-0.3, -0.25) is 9.69 Å². The van der Waals surface area contributed by atoms with Crippen LogP contribution in [0.5, 0.6) is 0 Å². The summed E-state index contributed by atoms with van der Waals surface area (Å²) in [5.41, 5.74) is 0.780. The summed E-state index contributed by atoms with van der Waals surface area (Å²) < 4.78 is 2.08. The highest BCUT2D eigenvalue weighted by Gasteiger charge is 2.25. The highest BCUT2D eigenvalue weighted by molar-refractivity contribution is 8.00. The second-order valence-electron chi connectivity index (χ2n) is 7.83. The Kier molecular flexibility index (Phi) is 6.32. The molecule has 3 heterocycles. The van der Waals surface area contributed by atoms with Crippen molar-refractivity contribution < 1.29 is 4.79 Å². The van der Waals surface area contributed by atoms with Crippen LogP contribution in [0.4, 0.5) is 5.82 Å². The van der Waals surface area contributed by atoms with E-state index >= 15 is 0 Å². The van der Waals surface area contributed by atoms with Crippen LogP contribution in [0.15, 0.2) is 10.7 Å². The largest absolute Gasteiger partial charge is 0.353 e. The number of fused-ring (bicyclic) bond motifs is 1. The average Bonchev–Trinajstić information content (AvgIpc) is 3.12. The molecule has 2 unspecified atom stereocenters. The van der Waals surface area contributed by atoms with Crippen LogP contribution in [0.3, 0.4) is 0 Å². The molecule has 0 bridgehead atoms. The summed E-state index contributed by atoms with van der Waals surface area (Å²) in [6.07, 6.45) is 8.41. The maximum atomic E-state index is 12.5. The number of carbonyl (C=O) groups is 1. The predicted octanol–water partition coefficient (Wildman–Crippen LogP) is 2.63. The van der Waals surface area contributed by atoms with Crippen LogP contribution in [0.1, 0.15) is 32.6 Å². The predicted molar refractivity (Wildman–Crippen MR) is 115 cm³/mol. The first kappa shape index (κ1) is 19.8. The number of thiazole rings is 1. The lowest BCUT2D eigenvalue weighted by atomic mass is 9.87. The SMILES string of the molecule is CSc1nc2ncnc(N3CCN(CC(=O)NC4CCCC(C)C4)CC3)c2s1. The Labute approximate surface area is 174 Å². The summed E-state index contributed by atoms with van der Waals surface area (Å²) in [7, 11) is 0. The van der Waals surface area contributed by atoms with E-state index in [-0.39, 0.29) is 5.91 Å². The van der Waals surface area contributed by atoms with Gasteiger partial charge in [-0.1, -0.05) is 31.5 Å². The molecule has 4 rings (SSSR count). The summed E-state index contributed by atoms with van der Waals surface area (Å²) in [4.78, 5) is 30.4. The Hall–Kier alpha value is -1.45. The van der Waals surface area contributed by atoms with Crippen LogP contribution in [-0.4, -0.2) is 70.8 Å². The van der Waals surface area contributed by atoms with Crippen LogP contribution < -0.4 is 10.2 Å². The zero-order valence-corrected chi connectivity index (χ0v) is 18.2. The standard InChI is InChI=1S/C19H28N6OS2/c1-13-4-3-5-14(10-13)22-15(26)11-24-6-8-25(9-7-24)18-16-17(20-12-21-18)23-19(27-2)28-16/h12-14H,3-11H2,1-2H3,(H,22,26). The first-order chi connectivity index (χ1) is 13.6. The molecule has 1 saturated carbocycles. The molecule has 1 amide bonds. The first-order valence-electron chi connectivity index (χ1n) is 10.0. The zero-order valence-electron chi connectivity index (χ0n) is 16.6. The highest BCUT2D eigenvalue weighted by atomic mass is 32.2. The maximum absolute atomic E-state index is 12.5. The second-order valence-corrected chi connectivity index (χ2v) is 9.89. The minimum atomic E-state index is 0.170. The van der Waals surface area contributed by atoms with Crippen LogP contribution in [0, 0.1) is 5.92 Å². The Morgan fingerprint density at radius 1 is 1.29 bits per heavy atom. The quantitative estimate of drug-likeness (QED) is 0.745. The molecule has 1 aliphatic carbocycles. The fourth-order valence-electron chi connectivity index (χ4n) is 4.19. The van der Waals surface area contributed by atoms with Gasteiger partial charge in [0.15, 0.2) is 15.8 Å². The van der Waals surface area contributed by atoms with E-state index in [4.69, 9.17) is 0 Å². The van der Waals surface area contributed by atoms with Gasteiger partial charge in [0.05, 0.1) is 6.54 Å². The normalized spacial score (nSPS) is 23.9. The Morgan fingerprint density at radius 3 is 2.86 bits per heavy atom. The van der Waals surface area contributed by atoms with Crippen molar-refractivity contribution in [2.45, 2.75) is 43.0 Å². The number of aromatic nitrogens is 3. The molecule has 2 aromatic heterocycles. The molecule has 7 nitrogen and oxygen atoms in total. The molecule has 2 aliphatic rings. The van der Waals surface area contributed by atoms with E-state index in [1.165, 1.54) is 12.8 Å². The minimum absolute atomic E-state index is 0.170. The molecule has 2 fully saturated rings. The maximum Gasteiger partial charge on any atom is 0.234 e. The van der Waals surface area contributed by atoms with Crippen molar-refractivity contribution in [3.63, 3.8) is 0 Å². The molecule has 2 atom stereocenters. The average molecular weight is 421 g/mol. The summed E-state index contributed by atoms with van der Waals surface area (Å²) >= 11 is 3.30. The topological polar surface area (TPSA) is 74.2 Å². The number of rotatable bonds is 5. The van der Waals surface area contributed by atoms with Gasteiger partial charge >= 0.3 is 0 Å². The van der Waals surface area contributed by atoms with Crippen LogP contribution in [0.2, 0.25) is 0 Å². The van der Waals surface area contributed by atoms with Gasteiger partial charge in [-0.05, 0) is 25.0 Å². The van der Waals surface area contributed by atoms with E-state index in [1.807, 2.05) is 6.26 Å². The van der Waals surface area contributed by atoms with Gasteiger partial charge in [0.25, 0.3) is 0 Å². The van der Waals surface area contributed by atoms with Crippen molar-refractivity contribution in [1.82, 2.24) is 25.2 Å². The molecule has 1 N–H and O–H groups in total. The summed E-state index contributed by atoms with van der Waals surface area (Å²) in [6.45, 7) is 6.25. The van der Waals surface area contributed by atoms with Crippen molar-refractivity contribution in [2.75, 3.05) is 43.9 Å². The van der Waals surface area contributed by atoms with Crippen molar-refractivity contribution in [2.24, 2.45) is 5.92 Å². The summed E-state index contributed by atoms with van der Waals surface area (Å²) in [5.74, 6) is 1.87. The van der Waals surface area contributed by atoms with E-state index in [0.29, 0.717) is 12.6 Å². The van der Waals surface area contributed by atoms with Crippen LogP contribution in [0.25, 0.3) is 10.3 Å². The lowest BCUT2D eigenvalue weighted by Gasteiger charge is -2.35. The molecule has 1 aliphatic heterocycles. The van der Waals surface area contributed by atoms with E-state index in [0.717, 1.165) is 65.4 Å². The monoisotopic (exact) mass is 420 g/mol. The van der Waals surface area contributed by atoms with E-state index in [2.05, 4.69) is 37.0 Å². The molecule has 28 heavy (non-hydrogen) atoms. The molecule has 2 aromatic rings. The molecular formula is C19H28N6OS2. The summed E-state index contributed by atoms with van der Waals surface area (Å²) in [5, 5.41) is 3.25. The lowest BCUT2D eigenvalue weighted by molar-refractivity contribution is -0.123. The molecule has 9 heteroatoms. The number of nitrogens with one attached hydrogen (secondary N) is 1. The third-order valence-corrected chi connectivity index (χ3v) is 7.69. The van der Waals surface area contributed by atoms with E-state index in [9.17, 15) is 4.79 Å². The third-order valence-electron chi connectivity index (χ3n) is 5.67. The fraction of sp³-hybridized carbons (Fsp3) is 0.684. The third kappa shape index (κ3) is 4.58. The number of thioether (sulfide) groups is 1. The Morgan fingerprint density at radius 2 is 2.11 bits per heavy atom. The van der Waals surface area contributed by atoms with Gasteiger partial charge in [-0.25, -0.2) is 15.0 Å². The van der Waals surface area contributed by atoms with Gasteiger partial charge in [0.1, 0.15) is 11.0 Å². The van der Waals surface area contributed by atoms with Crippen LogP contribution in [-0.2, 0) is 4.79 Å². The highest BCUT2D eigenvalue weighted by Crippen LogP contribution is 2.33. The smallest absolute Gasteiger partial charge is 0.234 e. The molecule has 1 saturated heterocycles. The number of hydrogen-bond donors (Lipinski definition) is 1. The van der Waals surface area contributed by atoms with Crippen molar-refractivity contribution in [3.05, 3.63) is 6.33 Å². The van der Waals surface area contributed by atoms with E-state index < -0.39 is 0 Å². The zero-order chi connectivity index (χ0) is 19.5. The first-order valence-corrected chi connectivity index (χ1v) is 12.1. The summed E-state index contributed by atoms with van der Waals surface area (Å²) in [6, 6.07) is 0.365. The number of piperazine rings is 1.